The predicted molar refractivity (Wildman–Crippen MR) is 245 cm³/mol. The highest BCUT2D eigenvalue weighted by Gasteiger charge is 2.12. The molecule has 256 valence electrons. The van der Waals surface area contributed by atoms with Crippen molar-refractivity contribution in [2.75, 3.05) is 0 Å². The van der Waals surface area contributed by atoms with Crippen LogP contribution in [-0.2, 0) is 0 Å². The largest absolute Gasteiger partial charge is 0.0538 e. The molecule has 0 spiro atoms. The van der Waals surface area contributed by atoms with E-state index in [-0.39, 0.29) is 0 Å². The second-order valence-electron chi connectivity index (χ2n) is 15.7. The molecule has 16 rings (SSSR count). The molecule has 0 aliphatic rings. The maximum Gasteiger partial charge on any atom is -0.00203 e. The van der Waals surface area contributed by atoms with Crippen molar-refractivity contribution in [1.29, 1.82) is 0 Å². The molecule has 0 amide bonds. The fourth-order valence-corrected chi connectivity index (χ4v) is 9.81. The molecule has 16 aromatic rings. The third-order valence-electron chi connectivity index (χ3n) is 12.7. The SMILES string of the molecule is c1cc2ccc1c1ccc3ccc4ccc5ccc6ccc(cc6c5c4c3c1)c1ccc(cc1)c1ccc3ccc4ccc5ccc6ccc2cc6c5c4c3c1. The first-order valence-corrected chi connectivity index (χ1v) is 19.6. The maximum atomic E-state index is 2.41. The molecular weight excluding hydrogens is 673 g/mol. The molecule has 0 atom stereocenters. The van der Waals surface area contributed by atoms with Crippen molar-refractivity contribution in [1.82, 2.24) is 0 Å². The van der Waals surface area contributed by atoms with Crippen LogP contribution in [0.5, 0.6) is 0 Å². The molecule has 0 fully saturated rings. The fourth-order valence-electron chi connectivity index (χ4n) is 9.81. The lowest BCUT2D eigenvalue weighted by molar-refractivity contribution is 1.79. The number of benzene rings is 12. The average molecular weight is 705 g/mol. The number of hydrogen-bond donors (Lipinski definition) is 0. The summed E-state index contributed by atoms with van der Waals surface area (Å²) in [5.74, 6) is 0. The molecular formula is C56H32. The van der Waals surface area contributed by atoms with Gasteiger partial charge in [0, 0.05) is 0 Å². The van der Waals surface area contributed by atoms with Gasteiger partial charge in [0.2, 0.25) is 0 Å². The molecule has 0 saturated heterocycles. The van der Waals surface area contributed by atoms with Crippen LogP contribution in [0.15, 0.2) is 194 Å². The Balaban J connectivity index is 1.23. The van der Waals surface area contributed by atoms with Crippen molar-refractivity contribution in [3.8, 4) is 0 Å². The van der Waals surface area contributed by atoms with Crippen LogP contribution in [-0.4, -0.2) is 0 Å². The van der Waals surface area contributed by atoms with Gasteiger partial charge < -0.3 is 0 Å². The minimum atomic E-state index is 1.22. The highest BCUT2D eigenvalue weighted by molar-refractivity contribution is 6.30. The average Bonchev–Trinajstić information content (AvgIpc) is 3.27. The lowest BCUT2D eigenvalue weighted by Gasteiger charge is -2.12. The molecule has 0 heterocycles. The molecule has 0 radical (unpaired) electrons. The molecule has 12 bridgehead atoms. The van der Waals surface area contributed by atoms with Crippen LogP contribution < -0.4 is 0 Å². The van der Waals surface area contributed by atoms with Crippen LogP contribution in [0.2, 0.25) is 0 Å². The molecule has 0 heteroatoms. The van der Waals surface area contributed by atoms with Crippen LogP contribution in [0, 0.1) is 0 Å². The van der Waals surface area contributed by atoms with E-state index >= 15 is 0 Å². The molecule has 0 N–H and O–H groups in total. The monoisotopic (exact) mass is 704 g/mol. The van der Waals surface area contributed by atoms with E-state index in [1.807, 2.05) is 0 Å². The van der Waals surface area contributed by atoms with Gasteiger partial charge in [-0.05, 0) is 154 Å². The minimum absolute atomic E-state index is 1.22. The van der Waals surface area contributed by atoms with Gasteiger partial charge in [-0.15, -0.1) is 0 Å². The third kappa shape index (κ3) is 4.30. The molecule has 0 aliphatic carbocycles. The van der Waals surface area contributed by atoms with E-state index in [4.69, 9.17) is 0 Å². The van der Waals surface area contributed by atoms with Crippen molar-refractivity contribution < 1.29 is 0 Å². The molecule has 0 unspecified atom stereocenters. The second-order valence-corrected chi connectivity index (χ2v) is 15.7. The van der Waals surface area contributed by atoms with Gasteiger partial charge in [-0.3, -0.25) is 0 Å². The smallest absolute Gasteiger partial charge is 0.00203 e. The number of hydrogen-bond acceptors (Lipinski definition) is 0. The van der Waals surface area contributed by atoms with E-state index in [0.717, 1.165) is 0 Å². The summed E-state index contributed by atoms with van der Waals surface area (Å²) in [6, 6.07) is 73.7. The summed E-state index contributed by atoms with van der Waals surface area (Å²) in [6.07, 6.45) is 0. The van der Waals surface area contributed by atoms with Gasteiger partial charge in [-0.25, -0.2) is 0 Å². The Labute approximate surface area is 322 Å². The summed E-state index contributed by atoms with van der Waals surface area (Å²) in [7, 11) is 0. The zero-order chi connectivity index (χ0) is 36.5. The van der Waals surface area contributed by atoms with Crippen LogP contribution in [0.1, 0.15) is 0 Å². The first-order valence-electron chi connectivity index (χ1n) is 19.6. The quantitative estimate of drug-likeness (QED) is 0.138. The summed E-state index contributed by atoms with van der Waals surface area (Å²) in [5.41, 5.74) is 0. The molecule has 16 aromatic carbocycles. The van der Waals surface area contributed by atoms with E-state index in [0.29, 0.717) is 0 Å². The second kappa shape index (κ2) is 11.1. The molecule has 0 aromatic heterocycles. The Morgan fingerprint density at radius 2 is 0.268 bits per heavy atom. The Kier molecular flexibility index (Phi) is 5.98. The Morgan fingerprint density at radius 3 is 0.464 bits per heavy atom. The van der Waals surface area contributed by atoms with Gasteiger partial charge in [-0.2, -0.15) is 0 Å². The van der Waals surface area contributed by atoms with Crippen LogP contribution in [0.4, 0.5) is 0 Å². The third-order valence-corrected chi connectivity index (χ3v) is 12.7. The van der Waals surface area contributed by atoms with Gasteiger partial charge in [0.25, 0.3) is 0 Å². The Hall–Kier alpha value is -7.28. The van der Waals surface area contributed by atoms with Gasteiger partial charge in [0.05, 0.1) is 0 Å². The van der Waals surface area contributed by atoms with E-state index in [1.54, 1.807) is 0 Å². The van der Waals surface area contributed by atoms with Gasteiger partial charge in [0.15, 0.2) is 0 Å². The zero-order valence-electron chi connectivity index (χ0n) is 30.5. The summed E-state index contributed by atoms with van der Waals surface area (Å²) in [6.45, 7) is 0. The van der Waals surface area contributed by atoms with Crippen molar-refractivity contribution in [2.24, 2.45) is 0 Å². The van der Waals surface area contributed by atoms with Crippen LogP contribution in [0.3, 0.4) is 0 Å². The van der Waals surface area contributed by atoms with Crippen molar-refractivity contribution in [3.05, 3.63) is 194 Å². The van der Waals surface area contributed by atoms with Crippen molar-refractivity contribution >= 4 is 129 Å². The predicted octanol–water partition coefficient (Wildman–Crippen LogP) is 16.1. The van der Waals surface area contributed by atoms with E-state index in [1.165, 1.54) is 129 Å². The summed E-state index contributed by atoms with van der Waals surface area (Å²) in [5, 5.41) is 30.3. The lowest BCUT2D eigenvalue weighted by Crippen LogP contribution is -1.85. The van der Waals surface area contributed by atoms with Crippen molar-refractivity contribution in [2.45, 2.75) is 0 Å². The van der Waals surface area contributed by atoms with E-state index in [9.17, 15) is 0 Å². The minimum Gasteiger partial charge on any atom is -0.0538 e. The summed E-state index contributed by atoms with van der Waals surface area (Å²) >= 11 is 0. The van der Waals surface area contributed by atoms with Crippen LogP contribution >= 0.6 is 0 Å². The Morgan fingerprint density at radius 1 is 0.125 bits per heavy atom. The first-order chi connectivity index (χ1) is 27.7. The van der Waals surface area contributed by atoms with Crippen molar-refractivity contribution in [3.63, 3.8) is 0 Å². The van der Waals surface area contributed by atoms with Gasteiger partial charge in [0.1, 0.15) is 0 Å². The van der Waals surface area contributed by atoms with E-state index < -0.39 is 0 Å². The summed E-state index contributed by atoms with van der Waals surface area (Å²) < 4.78 is 0. The fraction of sp³-hybridized carbons (Fsp3) is 0. The van der Waals surface area contributed by atoms with E-state index in [2.05, 4.69) is 194 Å². The maximum absolute atomic E-state index is 2.41. The Bertz CT molecular complexity index is 3350. The highest BCUT2D eigenvalue weighted by Crippen LogP contribution is 2.40. The van der Waals surface area contributed by atoms with Gasteiger partial charge >= 0.3 is 0 Å². The first kappa shape index (κ1) is 30.1. The zero-order valence-corrected chi connectivity index (χ0v) is 30.5. The van der Waals surface area contributed by atoms with Gasteiger partial charge in [-0.1, -0.05) is 170 Å². The normalized spacial score (nSPS) is 12.3. The molecule has 0 aliphatic heterocycles. The summed E-state index contributed by atoms with van der Waals surface area (Å²) in [4.78, 5) is 0. The molecule has 0 saturated carbocycles. The molecule has 56 heavy (non-hydrogen) atoms. The van der Waals surface area contributed by atoms with Crippen LogP contribution in [0.25, 0.3) is 129 Å². The standard InChI is InChI=1S/C56H32/c1-2-34-4-3-33(1)45-25-13-37-9-17-41-21-22-43-19-11-39-15-27-47(31-51(39)55(43)53(41)49(37)29-45)35-5-7-36(8-6-35)48-28-16-40-12-20-44-24-23-42-18-10-38-14-26-46(34)30-50(38)54(42)56(44)52(40)32-48/h1-32H. The molecule has 0 nitrogen and oxygen atoms in total. The highest BCUT2D eigenvalue weighted by atomic mass is 14.2. The lowest BCUT2D eigenvalue weighted by atomic mass is 9.91. The topological polar surface area (TPSA) is 0 Å². The number of rotatable bonds is 0.